The normalized spacial score (nSPS) is 22.0. The minimum absolute atomic E-state index is 0.299. The molecule has 2 saturated heterocycles. The van der Waals surface area contributed by atoms with E-state index in [2.05, 4.69) is 4.90 Å². The van der Waals surface area contributed by atoms with Crippen molar-refractivity contribution in [3.63, 3.8) is 0 Å². The molecule has 0 saturated carbocycles. The van der Waals surface area contributed by atoms with Crippen LogP contribution in [0.3, 0.4) is 0 Å². The summed E-state index contributed by atoms with van der Waals surface area (Å²) in [6.45, 7) is 3.10. The number of piperidine rings is 1. The molecule has 7 heteroatoms. The van der Waals surface area contributed by atoms with Crippen molar-refractivity contribution in [2.24, 2.45) is 0 Å². The van der Waals surface area contributed by atoms with Gasteiger partial charge in [0.05, 0.1) is 18.1 Å². The Balaban J connectivity index is 1.60. The Bertz CT molecular complexity index is 635. The van der Waals surface area contributed by atoms with Crippen LogP contribution in [0.2, 0.25) is 0 Å². The molecule has 2 heterocycles. The molecular weight excluding hydrogens is 316 g/mol. The highest BCUT2D eigenvalue weighted by atomic mass is 32.2. The second-order valence-corrected chi connectivity index (χ2v) is 8.06. The van der Waals surface area contributed by atoms with Crippen LogP contribution in [0.15, 0.2) is 29.2 Å². The van der Waals surface area contributed by atoms with Crippen LogP contribution in [0, 0.1) is 0 Å². The van der Waals surface area contributed by atoms with Crippen LogP contribution < -0.4 is 4.74 Å². The van der Waals surface area contributed by atoms with Gasteiger partial charge in [-0.15, -0.1) is 0 Å². The molecule has 0 bridgehead atoms. The van der Waals surface area contributed by atoms with Gasteiger partial charge in [-0.3, -0.25) is 4.90 Å². The first-order valence-corrected chi connectivity index (χ1v) is 9.39. The molecule has 1 aromatic carbocycles. The van der Waals surface area contributed by atoms with Gasteiger partial charge in [0.15, 0.2) is 0 Å². The van der Waals surface area contributed by atoms with Crippen LogP contribution in [0.4, 0.5) is 0 Å². The van der Waals surface area contributed by atoms with Gasteiger partial charge in [-0.2, -0.15) is 4.31 Å². The molecule has 0 spiro atoms. The molecule has 3 rings (SSSR count). The van der Waals surface area contributed by atoms with Gasteiger partial charge in [-0.05, 0) is 25.0 Å². The molecule has 128 valence electrons. The molecule has 0 unspecified atom stereocenters. The van der Waals surface area contributed by atoms with Crippen LogP contribution in [0.1, 0.15) is 12.8 Å². The zero-order valence-corrected chi connectivity index (χ0v) is 14.5. The molecule has 0 amide bonds. The number of rotatable bonds is 5. The van der Waals surface area contributed by atoms with E-state index in [0.717, 1.165) is 25.9 Å². The van der Waals surface area contributed by atoms with Crippen molar-refractivity contribution in [3.8, 4) is 5.75 Å². The predicted molar refractivity (Wildman–Crippen MR) is 87.1 cm³/mol. The van der Waals surface area contributed by atoms with E-state index in [-0.39, 0.29) is 0 Å². The molecule has 0 aliphatic carbocycles. The zero-order valence-electron chi connectivity index (χ0n) is 13.6. The molecule has 0 N–H and O–H groups in total. The van der Waals surface area contributed by atoms with E-state index in [1.165, 1.54) is 7.11 Å². The Morgan fingerprint density at radius 1 is 1.13 bits per heavy atom. The predicted octanol–water partition coefficient (Wildman–Crippen LogP) is 1.18. The third-order valence-corrected chi connectivity index (χ3v) is 6.66. The Morgan fingerprint density at radius 2 is 1.83 bits per heavy atom. The lowest BCUT2D eigenvalue weighted by Gasteiger charge is -2.46. The standard InChI is InChI=1S/C16H24N2O4S/c1-21-14-6-8-17(9-7-14)13-11-18(12-13)23(19,20)16-5-3-4-15(10-16)22-2/h3-5,10,13-14H,6-9,11-12H2,1-2H3. The van der Waals surface area contributed by atoms with E-state index in [9.17, 15) is 8.42 Å². The highest BCUT2D eigenvalue weighted by molar-refractivity contribution is 7.89. The van der Waals surface area contributed by atoms with E-state index < -0.39 is 10.0 Å². The molecular formula is C16H24N2O4S. The highest BCUT2D eigenvalue weighted by Crippen LogP contribution is 2.28. The van der Waals surface area contributed by atoms with E-state index in [1.807, 2.05) is 0 Å². The van der Waals surface area contributed by atoms with Crippen molar-refractivity contribution < 1.29 is 17.9 Å². The summed E-state index contributed by atoms with van der Waals surface area (Å²) >= 11 is 0. The maximum atomic E-state index is 12.6. The first-order chi connectivity index (χ1) is 11.0. The van der Waals surface area contributed by atoms with Crippen LogP contribution in [0.25, 0.3) is 0 Å². The lowest BCUT2D eigenvalue weighted by Crippen LogP contribution is -2.62. The monoisotopic (exact) mass is 340 g/mol. The Morgan fingerprint density at radius 3 is 2.43 bits per heavy atom. The van der Waals surface area contributed by atoms with E-state index >= 15 is 0 Å². The first kappa shape index (κ1) is 16.7. The topological polar surface area (TPSA) is 59.1 Å². The summed E-state index contributed by atoms with van der Waals surface area (Å²) in [4.78, 5) is 2.68. The number of benzene rings is 1. The minimum Gasteiger partial charge on any atom is -0.497 e. The number of hydrogen-bond donors (Lipinski definition) is 0. The summed E-state index contributed by atoms with van der Waals surface area (Å²) in [5.74, 6) is 0.560. The van der Waals surface area contributed by atoms with Gasteiger partial charge in [0.1, 0.15) is 5.75 Å². The summed E-state index contributed by atoms with van der Waals surface area (Å²) < 4.78 is 37.3. The summed E-state index contributed by atoms with van der Waals surface area (Å²) in [7, 11) is -0.127. The van der Waals surface area contributed by atoms with Gasteiger partial charge < -0.3 is 9.47 Å². The average molecular weight is 340 g/mol. The van der Waals surface area contributed by atoms with Crippen molar-refractivity contribution in [3.05, 3.63) is 24.3 Å². The highest BCUT2D eigenvalue weighted by Gasteiger charge is 2.40. The number of ether oxygens (including phenoxy) is 2. The van der Waals surface area contributed by atoms with E-state index in [0.29, 0.717) is 35.9 Å². The van der Waals surface area contributed by atoms with Crippen molar-refractivity contribution in [2.75, 3.05) is 40.4 Å². The van der Waals surface area contributed by atoms with Crippen molar-refractivity contribution in [1.29, 1.82) is 0 Å². The number of sulfonamides is 1. The smallest absolute Gasteiger partial charge is 0.243 e. The van der Waals surface area contributed by atoms with Crippen LogP contribution in [-0.2, 0) is 14.8 Å². The largest absolute Gasteiger partial charge is 0.497 e. The van der Waals surface area contributed by atoms with Crippen LogP contribution in [0.5, 0.6) is 5.75 Å². The second-order valence-electron chi connectivity index (χ2n) is 6.13. The summed E-state index contributed by atoms with van der Waals surface area (Å²) in [5, 5.41) is 0. The first-order valence-electron chi connectivity index (χ1n) is 7.95. The number of methoxy groups -OCH3 is 2. The molecule has 6 nitrogen and oxygen atoms in total. The molecule has 2 fully saturated rings. The van der Waals surface area contributed by atoms with Gasteiger partial charge >= 0.3 is 0 Å². The number of likely N-dealkylation sites (tertiary alicyclic amines) is 1. The summed E-state index contributed by atoms with van der Waals surface area (Å²) in [5.41, 5.74) is 0. The summed E-state index contributed by atoms with van der Waals surface area (Å²) in [6.07, 6.45) is 2.40. The second kappa shape index (κ2) is 6.76. The Hall–Kier alpha value is -1.15. The fraction of sp³-hybridized carbons (Fsp3) is 0.625. The van der Waals surface area contributed by atoms with Gasteiger partial charge in [0.25, 0.3) is 0 Å². The zero-order chi connectivity index (χ0) is 16.4. The third-order valence-electron chi connectivity index (χ3n) is 4.83. The van der Waals surface area contributed by atoms with E-state index in [1.54, 1.807) is 35.7 Å². The Kier molecular flexibility index (Phi) is 4.91. The lowest BCUT2D eigenvalue weighted by molar-refractivity contribution is 0.00364. The molecule has 0 aromatic heterocycles. The maximum Gasteiger partial charge on any atom is 0.243 e. The van der Waals surface area contributed by atoms with Gasteiger partial charge in [-0.1, -0.05) is 6.07 Å². The fourth-order valence-corrected chi connectivity index (χ4v) is 4.78. The van der Waals surface area contributed by atoms with Gasteiger partial charge in [0, 0.05) is 45.4 Å². The van der Waals surface area contributed by atoms with E-state index in [4.69, 9.17) is 9.47 Å². The molecule has 1 aromatic rings. The molecule has 23 heavy (non-hydrogen) atoms. The molecule has 2 aliphatic rings. The molecule has 2 aliphatic heterocycles. The quantitative estimate of drug-likeness (QED) is 0.806. The summed E-state index contributed by atoms with van der Waals surface area (Å²) in [6, 6.07) is 6.98. The Labute approximate surface area is 138 Å². The van der Waals surface area contributed by atoms with Crippen molar-refractivity contribution in [1.82, 2.24) is 9.21 Å². The van der Waals surface area contributed by atoms with Gasteiger partial charge in [0.2, 0.25) is 10.0 Å². The maximum absolute atomic E-state index is 12.6. The lowest BCUT2D eigenvalue weighted by atomic mass is 10.0. The SMILES string of the molecule is COc1cccc(S(=O)(=O)N2CC(N3CCC(OC)CC3)C2)c1. The number of hydrogen-bond acceptors (Lipinski definition) is 5. The van der Waals surface area contributed by atoms with Gasteiger partial charge in [-0.25, -0.2) is 8.42 Å². The van der Waals surface area contributed by atoms with Crippen molar-refractivity contribution in [2.45, 2.75) is 29.9 Å². The minimum atomic E-state index is -3.42. The third kappa shape index (κ3) is 3.38. The fourth-order valence-electron chi connectivity index (χ4n) is 3.23. The van der Waals surface area contributed by atoms with Crippen LogP contribution in [-0.4, -0.2) is 70.2 Å². The van der Waals surface area contributed by atoms with Crippen LogP contribution >= 0.6 is 0 Å². The van der Waals surface area contributed by atoms with Crippen molar-refractivity contribution >= 4 is 10.0 Å². The average Bonchev–Trinajstić information content (AvgIpc) is 2.54. The number of nitrogens with zero attached hydrogens (tertiary/aromatic N) is 2. The molecule has 0 radical (unpaired) electrons. The molecule has 0 atom stereocenters.